The molecule has 0 aliphatic heterocycles. The van der Waals surface area contributed by atoms with E-state index >= 15 is 0 Å². The van der Waals surface area contributed by atoms with Gasteiger partial charge in [0.05, 0.1) is 18.1 Å². The van der Waals surface area contributed by atoms with Crippen molar-refractivity contribution in [2.45, 2.75) is 6.54 Å². The molecule has 0 saturated heterocycles. The Morgan fingerprint density at radius 3 is 2.60 bits per heavy atom. The molecule has 0 fully saturated rings. The molecule has 0 radical (unpaired) electrons. The van der Waals surface area contributed by atoms with Crippen molar-refractivity contribution in [2.75, 3.05) is 7.05 Å². The quantitative estimate of drug-likeness (QED) is 0.787. The van der Waals surface area contributed by atoms with Crippen LogP contribution in [0.25, 0.3) is 10.8 Å². The normalized spacial score (nSPS) is 10.7. The number of hydrogen-bond acceptors (Lipinski definition) is 4. The lowest BCUT2D eigenvalue weighted by molar-refractivity contribution is 0.459. The fourth-order valence-electron chi connectivity index (χ4n) is 2.02. The number of ether oxygens (including phenoxy) is 1. The van der Waals surface area contributed by atoms with Crippen molar-refractivity contribution in [1.29, 1.82) is 0 Å². The molecular formula is C16H15N3O. The summed E-state index contributed by atoms with van der Waals surface area (Å²) in [4.78, 5) is 8.52. The van der Waals surface area contributed by atoms with Gasteiger partial charge in [0.1, 0.15) is 5.75 Å². The zero-order chi connectivity index (χ0) is 13.8. The molecule has 0 amide bonds. The van der Waals surface area contributed by atoms with Gasteiger partial charge >= 0.3 is 0 Å². The number of hydrogen-bond donors (Lipinski definition) is 1. The van der Waals surface area contributed by atoms with Crippen LogP contribution in [0.2, 0.25) is 0 Å². The minimum Gasteiger partial charge on any atom is -0.437 e. The molecule has 0 saturated carbocycles. The van der Waals surface area contributed by atoms with Crippen LogP contribution >= 0.6 is 0 Å². The lowest BCUT2D eigenvalue weighted by atomic mass is 10.1. The van der Waals surface area contributed by atoms with E-state index < -0.39 is 0 Å². The lowest BCUT2D eigenvalue weighted by Gasteiger charge is -2.06. The second-order valence-electron chi connectivity index (χ2n) is 4.49. The summed E-state index contributed by atoms with van der Waals surface area (Å²) in [6.07, 6.45) is 3.36. The Balaban J connectivity index is 1.81. The summed E-state index contributed by atoms with van der Waals surface area (Å²) >= 11 is 0. The van der Waals surface area contributed by atoms with Gasteiger partial charge in [0.2, 0.25) is 5.88 Å². The van der Waals surface area contributed by atoms with E-state index in [9.17, 15) is 0 Å². The molecule has 2 aromatic carbocycles. The maximum atomic E-state index is 5.73. The van der Waals surface area contributed by atoms with Gasteiger partial charge < -0.3 is 10.1 Å². The van der Waals surface area contributed by atoms with Crippen LogP contribution in [0.5, 0.6) is 11.6 Å². The SMILES string of the molecule is CNCc1cnc(Oc2ccc3ccccc3c2)cn1. The van der Waals surface area contributed by atoms with Crippen LogP contribution in [0, 0.1) is 0 Å². The Kier molecular flexibility index (Phi) is 3.56. The standard InChI is InChI=1S/C16H15N3O/c1-17-9-14-10-19-16(11-18-14)20-15-7-6-12-4-2-3-5-13(12)8-15/h2-8,10-11,17H,9H2,1H3. The van der Waals surface area contributed by atoms with E-state index in [0.29, 0.717) is 12.4 Å². The lowest BCUT2D eigenvalue weighted by Crippen LogP contribution is -2.07. The Morgan fingerprint density at radius 2 is 1.85 bits per heavy atom. The molecule has 0 bridgehead atoms. The highest BCUT2D eigenvalue weighted by atomic mass is 16.5. The predicted molar refractivity (Wildman–Crippen MR) is 78.8 cm³/mol. The summed E-state index contributed by atoms with van der Waals surface area (Å²) in [6.45, 7) is 0.698. The molecule has 0 atom stereocenters. The Morgan fingerprint density at radius 1 is 1.00 bits per heavy atom. The molecule has 1 aromatic heterocycles. The molecule has 0 aliphatic carbocycles. The first kappa shape index (κ1) is 12.6. The zero-order valence-electron chi connectivity index (χ0n) is 11.2. The van der Waals surface area contributed by atoms with Crippen LogP contribution in [0.4, 0.5) is 0 Å². The Labute approximate surface area is 117 Å². The van der Waals surface area contributed by atoms with E-state index in [0.717, 1.165) is 16.8 Å². The molecule has 1 heterocycles. The van der Waals surface area contributed by atoms with Crippen LogP contribution < -0.4 is 10.1 Å². The van der Waals surface area contributed by atoms with Gasteiger partial charge in [-0.15, -0.1) is 0 Å². The van der Waals surface area contributed by atoms with Crippen molar-refractivity contribution in [3.63, 3.8) is 0 Å². The molecule has 0 unspecified atom stereocenters. The minimum absolute atomic E-state index is 0.500. The first-order valence-corrected chi connectivity index (χ1v) is 6.47. The molecule has 0 spiro atoms. The van der Waals surface area contributed by atoms with E-state index in [-0.39, 0.29) is 0 Å². The molecule has 100 valence electrons. The molecule has 3 rings (SSSR count). The monoisotopic (exact) mass is 265 g/mol. The molecule has 1 N–H and O–H groups in total. The predicted octanol–water partition coefficient (Wildman–Crippen LogP) is 3.14. The molecule has 0 aliphatic rings. The summed E-state index contributed by atoms with van der Waals surface area (Å²) in [7, 11) is 1.88. The fourth-order valence-corrected chi connectivity index (χ4v) is 2.02. The largest absolute Gasteiger partial charge is 0.437 e. The van der Waals surface area contributed by atoms with Crippen LogP contribution in [0.15, 0.2) is 54.9 Å². The summed E-state index contributed by atoms with van der Waals surface area (Å²) in [6, 6.07) is 14.1. The van der Waals surface area contributed by atoms with Crippen molar-refractivity contribution >= 4 is 10.8 Å². The van der Waals surface area contributed by atoms with E-state index in [1.807, 2.05) is 37.4 Å². The van der Waals surface area contributed by atoms with E-state index in [1.165, 1.54) is 5.39 Å². The summed E-state index contributed by atoms with van der Waals surface area (Å²) in [5, 5.41) is 5.36. The molecular weight excluding hydrogens is 250 g/mol. The summed E-state index contributed by atoms with van der Waals surface area (Å²) < 4.78 is 5.73. The maximum absolute atomic E-state index is 5.73. The third-order valence-electron chi connectivity index (χ3n) is 2.98. The summed E-state index contributed by atoms with van der Waals surface area (Å²) in [5.74, 6) is 1.26. The van der Waals surface area contributed by atoms with Crippen molar-refractivity contribution < 1.29 is 4.74 Å². The topological polar surface area (TPSA) is 47.0 Å². The average molecular weight is 265 g/mol. The van der Waals surface area contributed by atoms with Gasteiger partial charge in [-0.25, -0.2) is 4.98 Å². The summed E-state index contributed by atoms with van der Waals surface area (Å²) in [5.41, 5.74) is 0.887. The van der Waals surface area contributed by atoms with Crippen molar-refractivity contribution in [3.05, 3.63) is 60.6 Å². The number of fused-ring (bicyclic) bond motifs is 1. The number of rotatable bonds is 4. The van der Waals surface area contributed by atoms with Gasteiger partial charge in [0.15, 0.2) is 0 Å². The van der Waals surface area contributed by atoms with Gasteiger partial charge in [-0.2, -0.15) is 0 Å². The van der Waals surface area contributed by atoms with E-state index in [2.05, 4.69) is 27.4 Å². The maximum Gasteiger partial charge on any atom is 0.237 e. The van der Waals surface area contributed by atoms with Gasteiger partial charge in [-0.1, -0.05) is 30.3 Å². The highest BCUT2D eigenvalue weighted by Crippen LogP contribution is 2.24. The van der Waals surface area contributed by atoms with E-state index in [1.54, 1.807) is 12.4 Å². The smallest absolute Gasteiger partial charge is 0.237 e. The third kappa shape index (κ3) is 2.75. The van der Waals surface area contributed by atoms with Crippen molar-refractivity contribution in [1.82, 2.24) is 15.3 Å². The van der Waals surface area contributed by atoms with E-state index in [4.69, 9.17) is 4.74 Å². The van der Waals surface area contributed by atoms with Gasteiger partial charge in [-0.3, -0.25) is 4.98 Å². The van der Waals surface area contributed by atoms with Crippen molar-refractivity contribution in [3.8, 4) is 11.6 Å². The van der Waals surface area contributed by atoms with Crippen molar-refractivity contribution in [2.24, 2.45) is 0 Å². The highest BCUT2D eigenvalue weighted by Gasteiger charge is 2.01. The highest BCUT2D eigenvalue weighted by molar-refractivity contribution is 5.83. The Bertz CT molecular complexity index is 710. The first-order chi connectivity index (χ1) is 9.85. The first-order valence-electron chi connectivity index (χ1n) is 6.47. The fraction of sp³-hybridized carbons (Fsp3) is 0.125. The van der Waals surface area contributed by atoms with Crippen LogP contribution in [-0.4, -0.2) is 17.0 Å². The second kappa shape index (κ2) is 5.67. The molecule has 3 aromatic rings. The molecule has 4 nitrogen and oxygen atoms in total. The van der Waals surface area contributed by atoms with Crippen LogP contribution in [0.1, 0.15) is 5.69 Å². The molecule has 20 heavy (non-hydrogen) atoms. The average Bonchev–Trinajstić information content (AvgIpc) is 2.49. The number of aromatic nitrogens is 2. The van der Waals surface area contributed by atoms with Crippen LogP contribution in [-0.2, 0) is 6.54 Å². The van der Waals surface area contributed by atoms with Gasteiger partial charge in [-0.05, 0) is 30.0 Å². The molecule has 4 heteroatoms. The third-order valence-corrected chi connectivity index (χ3v) is 2.98. The minimum atomic E-state index is 0.500. The zero-order valence-corrected chi connectivity index (χ0v) is 11.2. The van der Waals surface area contributed by atoms with Gasteiger partial charge in [0.25, 0.3) is 0 Å². The Hall–Kier alpha value is -2.46. The number of nitrogens with one attached hydrogen (secondary N) is 1. The second-order valence-corrected chi connectivity index (χ2v) is 4.49. The number of benzene rings is 2. The number of nitrogens with zero attached hydrogens (tertiary/aromatic N) is 2. The van der Waals surface area contributed by atoms with Gasteiger partial charge in [0, 0.05) is 6.54 Å². The van der Waals surface area contributed by atoms with Crippen LogP contribution in [0.3, 0.4) is 0 Å².